The highest BCUT2D eigenvalue weighted by Gasteiger charge is 2.34. The van der Waals surface area contributed by atoms with Gasteiger partial charge in [0.25, 0.3) is 11.8 Å². The fourth-order valence-corrected chi connectivity index (χ4v) is 21.3. The molecule has 9 aromatic carbocycles. The minimum Gasteiger partial charge on any atom is -0.478 e. The van der Waals surface area contributed by atoms with Crippen LogP contribution in [0, 0.1) is 0 Å². The van der Waals surface area contributed by atoms with Gasteiger partial charge in [0.15, 0.2) is 0 Å². The van der Waals surface area contributed by atoms with Crippen molar-refractivity contribution in [2.24, 2.45) is 0 Å². The molecule has 3 aliphatic heterocycles. The molecule has 135 heavy (non-hydrogen) atoms. The first kappa shape index (κ1) is 95.4. The lowest BCUT2D eigenvalue weighted by atomic mass is 10.1. The number of fused-ring (bicyclic) bond motifs is 3. The van der Waals surface area contributed by atoms with Gasteiger partial charge in [0.2, 0.25) is 47.9 Å². The van der Waals surface area contributed by atoms with Crippen molar-refractivity contribution in [2.75, 3.05) is 126 Å². The Kier molecular flexibility index (Phi) is 29.3. The average molecular weight is 1930 g/mol. The van der Waals surface area contributed by atoms with Crippen LogP contribution in [-0.4, -0.2) is 193 Å². The molecule has 0 radical (unpaired) electrons. The van der Waals surface area contributed by atoms with Crippen LogP contribution in [0.25, 0.3) is 63.6 Å². The monoisotopic (exact) mass is 1930 g/mol. The summed E-state index contributed by atoms with van der Waals surface area (Å²) in [5.41, 5.74) is 17.1. The Morgan fingerprint density at radius 3 is 0.978 bits per heavy atom. The van der Waals surface area contributed by atoms with E-state index in [1.54, 1.807) is 115 Å². The first-order chi connectivity index (χ1) is 64.6. The summed E-state index contributed by atoms with van der Waals surface area (Å²) in [6.07, 6.45) is 7.15. The topological polar surface area (TPSA) is 423 Å². The van der Waals surface area contributed by atoms with Gasteiger partial charge < -0.3 is 51.4 Å². The largest absolute Gasteiger partial charge is 0.478 e. The van der Waals surface area contributed by atoms with Gasteiger partial charge in [-0.2, -0.15) is 12.9 Å². The fourth-order valence-electron chi connectivity index (χ4n) is 14.7. The van der Waals surface area contributed by atoms with Crippen LogP contribution in [0.1, 0.15) is 72.6 Å². The molecular formula is C97H96N18O14S6. The number of nitrogens with zero attached hydrogens (tertiary/aromatic N) is 12. The molecule has 15 aromatic rings. The van der Waals surface area contributed by atoms with E-state index < -0.39 is 65.3 Å². The van der Waals surface area contributed by atoms with Crippen LogP contribution in [0.15, 0.2) is 286 Å². The van der Waals surface area contributed by atoms with E-state index in [1.807, 2.05) is 209 Å². The molecule has 3 fully saturated rings. The Balaban J connectivity index is 0.000000143. The van der Waals surface area contributed by atoms with Crippen molar-refractivity contribution < 1.29 is 63.8 Å². The number of carbonyl (C=O) groups is 5. The molecule has 0 spiro atoms. The number of anilines is 9. The van der Waals surface area contributed by atoms with Crippen LogP contribution in [0.3, 0.4) is 0 Å². The van der Waals surface area contributed by atoms with Crippen molar-refractivity contribution in [1.29, 1.82) is 0 Å². The zero-order chi connectivity index (χ0) is 95.4. The number of rotatable bonds is 19. The van der Waals surface area contributed by atoms with Gasteiger partial charge in [-0.25, -0.2) is 69.5 Å². The van der Waals surface area contributed by atoms with Crippen molar-refractivity contribution in [3.05, 3.63) is 288 Å². The summed E-state index contributed by atoms with van der Waals surface area (Å²) in [7, 11) is -10.9. The van der Waals surface area contributed by atoms with Gasteiger partial charge in [-0.3, -0.25) is 20.2 Å². The van der Waals surface area contributed by atoms with Crippen molar-refractivity contribution in [2.45, 2.75) is 67.4 Å². The van der Waals surface area contributed by atoms with Gasteiger partial charge in [0.05, 0.1) is 65.5 Å². The maximum atomic E-state index is 13.4. The number of sulfonamides is 3. The van der Waals surface area contributed by atoms with Crippen molar-refractivity contribution in [3.63, 3.8) is 0 Å². The number of carboxylic acid groups (broad SMARTS) is 1. The number of amides is 4. The van der Waals surface area contributed by atoms with Crippen LogP contribution in [0.5, 0.6) is 0 Å². The molecule has 0 bridgehead atoms. The predicted octanol–water partition coefficient (Wildman–Crippen LogP) is 17.4. The van der Waals surface area contributed by atoms with Crippen LogP contribution < -0.4 is 47.4 Å². The number of nitrogens with one attached hydrogen (secondary N) is 4. The number of ether oxygens (including phenoxy) is 2. The second-order valence-electron chi connectivity index (χ2n) is 33.3. The Labute approximate surface area is 792 Å². The Morgan fingerprint density at radius 2 is 0.644 bits per heavy atom. The lowest BCUT2D eigenvalue weighted by Crippen LogP contribution is -2.49. The lowest BCUT2D eigenvalue weighted by Gasteiger charge is -2.34. The molecule has 4 amide bonds. The summed E-state index contributed by atoms with van der Waals surface area (Å²) >= 11 is 4.81. The molecule has 6 aromatic heterocycles. The summed E-state index contributed by atoms with van der Waals surface area (Å²) in [5, 5.41) is 31.6. The highest BCUT2D eigenvalue weighted by atomic mass is 32.2. The second-order valence-corrected chi connectivity index (χ2v) is 41.9. The lowest BCUT2D eigenvalue weighted by molar-refractivity contribution is 0.0624. The number of carboxylic acids is 1. The number of thiophene rings is 3. The van der Waals surface area contributed by atoms with Crippen LogP contribution in [-0.2, 0) is 39.5 Å². The van der Waals surface area contributed by atoms with Crippen molar-refractivity contribution >= 4 is 178 Å². The molecule has 694 valence electrons. The van der Waals surface area contributed by atoms with Crippen LogP contribution in [0.4, 0.5) is 61.6 Å². The number of aromatic nitrogens is 6. The summed E-state index contributed by atoms with van der Waals surface area (Å²) < 4.78 is 94.3. The highest BCUT2D eigenvalue weighted by Crippen LogP contribution is 2.37. The summed E-state index contributed by atoms with van der Waals surface area (Å²) in [5.74, 6) is -0.674. The number of carbonyl (C=O) groups excluding carboxylic acids is 4. The van der Waals surface area contributed by atoms with Gasteiger partial charge in [0.1, 0.15) is 11.2 Å². The zero-order valence-corrected chi connectivity index (χ0v) is 79.1. The van der Waals surface area contributed by atoms with Crippen molar-refractivity contribution in [3.8, 4) is 31.3 Å². The third-order valence-electron chi connectivity index (χ3n) is 21.6. The SMILES string of the molecule is CC(C)(C)OC(=O)Nc1ccc(-c2cccs2)cc1N.CC(C)(C)OC(=O)Nc1ccc(-c2cccs2)cc1NC(=O)c1cnc(N2CCN(S(=O)(=O)c3ccc4ccccc4c3)CC2)nc1.Nc1ccc(-c2cccs2)cc1NC(=O)c1cnc(N2CCN(S(=O)(=O)c3ccc4ccccc4c3)CC2)nc1.O=C(O)c1cnc(N2CCN(S(=O)(=O)c3ccc4ccccc4c3)CC2)nc1. The summed E-state index contributed by atoms with van der Waals surface area (Å²) in [6.45, 7) is 15.0. The molecule has 9 N–H and O–H groups in total. The molecule has 0 saturated carbocycles. The molecule has 0 atom stereocenters. The Hall–Kier alpha value is -14.2. The van der Waals surface area contributed by atoms with E-state index in [0.717, 1.165) is 63.6 Å². The van der Waals surface area contributed by atoms with Gasteiger partial charge in [-0.1, -0.05) is 127 Å². The molecule has 3 aliphatic rings. The van der Waals surface area contributed by atoms with Crippen LogP contribution in [0.2, 0.25) is 0 Å². The minimum atomic E-state index is -3.67. The second kappa shape index (κ2) is 41.5. The molecule has 18 rings (SSSR count). The quantitative estimate of drug-likeness (QED) is 0.0370. The van der Waals surface area contributed by atoms with Gasteiger partial charge in [-0.05, 0) is 198 Å². The normalized spacial score (nSPS) is 14.1. The molecule has 0 aliphatic carbocycles. The van der Waals surface area contributed by atoms with Gasteiger partial charge in [0, 0.05) is 130 Å². The highest BCUT2D eigenvalue weighted by molar-refractivity contribution is 7.89. The smallest absolute Gasteiger partial charge is 0.412 e. The van der Waals surface area contributed by atoms with E-state index in [0.29, 0.717) is 123 Å². The summed E-state index contributed by atoms with van der Waals surface area (Å²) in [6, 6.07) is 66.9. The van der Waals surface area contributed by atoms with Gasteiger partial charge >= 0.3 is 18.2 Å². The number of aromatic carboxylic acids is 1. The number of nitrogens with two attached hydrogens (primary N) is 2. The molecular weight excluding hydrogens is 1830 g/mol. The number of hydrogen-bond acceptors (Lipinski definition) is 27. The van der Waals surface area contributed by atoms with E-state index in [-0.39, 0.29) is 44.8 Å². The first-order valence-corrected chi connectivity index (χ1v) is 49.7. The Bertz CT molecular complexity index is 7160. The van der Waals surface area contributed by atoms with E-state index in [1.165, 1.54) is 50.1 Å². The molecule has 3 saturated heterocycles. The van der Waals surface area contributed by atoms with E-state index in [9.17, 15) is 49.2 Å². The standard InChI is InChI=1S/C34H34N6O5S2.C29H26N6O3S2.C19H18N4O4S.C15H18N2O2S/c1-34(2,3)45-33(42)38-28-13-11-25(30-9-6-18-46-30)20-29(28)37-31(41)26-21-35-32(36-22-26)39-14-16-40(17-15-39)47(43,44)27-12-10-23-7-4-5-8-24(23)19-27;30-25-10-8-22(27-6-3-15-39-27)17-26(25)33-28(36)23-18-31-29(32-19-23)34-11-13-35(14-12-34)40(37,38)24-9-7-20-4-1-2-5-21(20)16-24;24-18(25)16-12-20-19(21-13-16)22-7-9-23(10-8-22)28(26,27)17-6-5-14-3-1-2-4-15(14)11-17;1-15(2,3)19-14(18)17-12-7-6-10(9-11(12)16)13-5-4-8-20-13/h4-13,18-22H,14-17H2,1-3H3,(H,37,41)(H,38,42);1-10,15-19H,11-14,30H2,(H,33,36);1-6,11-13H,7-10H2,(H,24,25);4-9H,16H2,1-3H3,(H,17,18). The number of nitrogen functional groups attached to an aromatic ring is 2. The molecule has 9 heterocycles. The third-order valence-corrected chi connectivity index (χ3v) is 30.1. The first-order valence-electron chi connectivity index (χ1n) is 42.7. The molecule has 38 heteroatoms. The van der Waals surface area contributed by atoms with E-state index in [4.69, 9.17) is 26.0 Å². The predicted molar refractivity (Wildman–Crippen MR) is 532 cm³/mol. The van der Waals surface area contributed by atoms with E-state index >= 15 is 0 Å². The van der Waals surface area contributed by atoms with E-state index in [2.05, 4.69) is 51.2 Å². The molecule has 32 nitrogen and oxygen atoms in total. The fraction of sp³-hybridized carbons (Fsp3) is 0.206. The number of benzene rings is 9. The molecule has 0 unspecified atom stereocenters. The maximum Gasteiger partial charge on any atom is 0.412 e. The number of hydrogen-bond donors (Lipinski definition) is 7. The summed E-state index contributed by atoms with van der Waals surface area (Å²) in [4.78, 5) is 96.8. The average Bonchev–Trinajstić information content (AvgIpc) is 1.40. The maximum absolute atomic E-state index is 13.4. The Morgan fingerprint density at radius 1 is 0.333 bits per heavy atom. The van der Waals surface area contributed by atoms with Gasteiger partial charge in [-0.15, -0.1) is 34.0 Å². The van der Waals surface area contributed by atoms with Crippen LogP contribution >= 0.6 is 34.0 Å². The third kappa shape index (κ3) is 23.9. The number of piperazine rings is 3. The zero-order valence-electron chi connectivity index (χ0n) is 74.2. The minimum absolute atomic E-state index is 0.0151. The van der Waals surface area contributed by atoms with Crippen molar-refractivity contribution in [1.82, 2.24) is 42.8 Å².